The van der Waals surface area contributed by atoms with E-state index in [1.807, 2.05) is 0 Å². The zero-order valence-corrected chi connectivity index (χ0v) is 21.0. The molecule has 188 valence electrons. The molecule has 0 saturated heterocycles. The fraction of sp³-hybridized carbons (Fsp3) is 0.741. The largest absolute Gasteiger partial charge is 0.457 e. The lowest BCUT2D eigenvalue weighted by Gasteiger charge is -2.62. The van der Waals surface area contributed by atoms with Crippen LogP contribution in [0.4, 0.5) is 4.39 Å². The number of Topliss-reactive ketones (excluding diaryl/α,β-unsaturated/α-hetero) is 1. The van der Waals surface area contributed by atoms with E-state index in [2.05, 4.69) is 0 Å². The highest BCUT2D eigenvalue weighted by Crippen LogP contribution is 2.70. The molecule has 4 aliphatic rings. The second kappa shape index (κ2) is 7.57. The second-order valence-electron chi connectivity index (χ2n) is 12.4. The number of alkyl halides is 1. The maximum absolute atomic E-state index is 17.1. The predicted molar refractivity (Wildman–Crippen MR) is 123 cm³/mol. The number of ketones is 2. The van der Waals surface area contributed by atoms with Crippen LogP contribution in [-0.4, -0.2) is 51.7 Å². The topological polar surface area (TPSA) is 101 Å². The minimum atomic E-state index is -2.02. The molecule has 7 heteroatoms. The summed E-state index contributed by atoms with van der Waals surface area (Å²) in [6.07, 6.45) is 4.27. The van der Waals surface area contributed by atoms with Crippen LogP contribution >= 0.6 is 0 Å². The van der Waals surface area contributed by atoms with Crippen molar-refractivity contribution in [3.8, 4) is 0 Å². The third-order valence-electron chi connectivity index (χ3n) is 9.59. The maximum atomic E-state index is 17.1. The maximum Gasteiger partial charge on any atom is 0.311 e. The van der Waals surface area contributed by atoms with E-state index in [0.29, 0.717) is 24.8 Å². The molecule has 0 aromatic carbocycles. The quantitative estimate of drug-likeness (QED) is 0.605. The Labute approximate surface area is 200 Å². The first-order valence-electron chi connectivity index (χ1n) is 12.3. The third-order valence-corrected chi connectivity index (χ3v) is 9.59. The van der Waals surface area contributed by atoms with E-state index in [4.69, 9.17) is 4.74 Å². The molecule has 0 radical (unpaired) electrons. The fourth-order valence-electron chi connectivity index (χ4n) is 7.60. The molecule has 0 aromatic heterocycles. The second-order valence-corrected chi connectivity index (χ2v) is 12.4. The highest BCUT2D eigenvalue weighted by atomic mass is 19.1. The summed E-state index contributed by atoms with van der Waals surface area (Å²) in [6, 6.07) is 0. The number of esters is 1. The van der Waals surface area contributed by atoms with Gasteiger partial charge in [-0.1, -0.05) is 25.5 Å². The summed E-state index contributed by atoms with van der Waals surface area (Å²) in [7, 11) is 0. The summed E-state index contributed by atoms with van der Waals surface area (Å²) in [5.41, 5.74) is -6.18. The molecule has 0 bridgehead atoms. The molecule has 0 aromatic rings. The number of halogens is 1. The average Bonchev–Trinajstić information content (AvgIpc) is 2.94. The van der Waals surface area contributed by atoms with Gasteiger partial charge in [-0.05, 0) is 77.4 Å². The van der Waals surface area contributed by atoms with Crippen molar-refractivity contribution in [2.45, 2.75) is 84.6 Å². The van der Waals surface area contributed by atoms with E-state index in [-0.39, 0.29) is 18.1 Å². The number of carbonyl (C=O) groups excluding carboxylic acids is 3. The molecule has 0 amide bonds. The van der Waals surface area contributed by atoms with Gasteiger partial charge in [0.2, 0.25) is 5.78 Å². The molecule has 3 fully saturated rings. The van der Waals surface area contributed by atoms with E-state index in [1.165, 1.54) is 12.2 Å². The highest BCUT2D eigenvalue weighted by molar-refractivity contribution is 6.01. The van der Waals surface area contributed by atoms with Crippen molar-refractivity contribution in [3.63, 3.8) is 0 Å². The van der Waals surface area contributed by atoms with Crippen LogP contribution in [0, 0.1) is 34.0 Å². The molecule has 3 saturated carbocycles. The number of hydrogen-bond donors (Lipinski definition) is 2. The van der Waals surface area contributed by atoms with E-state index >= 15 is 4.39 Å². The number of aliphatic hydroxyl groups excluding tert-OH is 1. The minimum Gasteiger partial charge on any atom is -0.457 e. The summed E-state index contributed by atoms with van der Waals surface area (Å²) >= 11 is 0. The summed E-state index contributed by atoms with van der Waals surface area (Å²) < 4.78 is 22.4. The van der Waals surface area contributed by atoms with Crippen LogP contribution in [0.15, 0.2) is 23.8 Å². The molecular formula is C27H37FO6. The summed E-state index contributed by atoms with van der Waals surface area (Å²) in [6.45, 7) is 9.76. The summed E-state index contributed by atoms with van der Waals surface area (Å²) in [4.78, 5) is 37.6. The van der Waals surface area contributed by atoms with Gasteiger partial charge in [0.25, 0.3) is 0 Å². The van der Waals surface area contributed by atoms with Crippen molar-refractivity contribution in [2.24, 2.45) is 34.0 Å². The number of aliphatic hydroxyl groups is 2. The van der Waals surface area contributed by atoms with Crippen LogP contribution in [-0.2, 0) is 19.1 Å². The van der Waals surface area contributed by atoms with Crippen LogP contribution in [0.3, 0.4) is 0 Å². The highest BCUT2D eigenvalue weighted by Gasteiger charge is 2.75. The molecule has 0 spiro atoms. The number of hydrogen-bond acceptors (Lipinski definition) is 6. The fourth-order valence-corrected chi connectivity index (χ4v) is 7.60. The Morgan fingerprint density at radius 1 is 1.24 bits per heavy atom. The SMILES string of the molecule is C[C@H]1C[C@H]2[C@@H]3CCC4=CC(=O)C=C[C@]4(C)[C@@]3(F)[C@@H](O)C[C@]2(C)[C@@]1(O)C(=O)COC(=O)C(C)(C)C. The Kier molecular flexibility index (Phi) is 5.62. The van der Waals surface area contributed by atoms with Gasteiger partial charge in [-0.15, -0.1) is 0 Å². The van der Waals surface area contributed by atoms with Gasteiger partial charge in [-0.2, -0.15) is 0 Å². The van der Waals surface area contributed by atoms with Crippen LogP contribution in [0.2, 0.25) is 0 Å². The van der Waals surface area contributed by atoms with Crippen molar-refractivity contribution in [2.75, 3.05) is 6.61 Å². The number of allylic oxidation sites excluding steroid dienone is 4. The summed E-state index contributed by atoms with van der Waals surface area (Å²) in [5, 5.41) is 23.2. The molecule has 6 nitrogen and oxygen atoms in total. The van der Waals surface area contributed by atoms with Crippen molar-refractivity contribution < 1.29 is 33.7 Å². The monoisotopic (exact) mass is 476 g/mol. The number of carbonyl (C=O) groups is 3. The van der Waals surface area contributed by atoms with E-state index in [9.17, 15) is 24.6 Å². The molecule has 2 N–H and O–H groups in total. The van der Waals surface area contributed by atoms with Gasteiger partial charge in [-0.3, -0.25) is 14.4 Å². The van der Waals surface area contributed by atoms with Gasteiger partial charge >= 0.3 is 5.97 Å². The number of rotatable bonds is 3. The van der Waals surface area contributed by atoms with Gasteiger partial charge in [-0.25, -0.2) is 4.39 Å². The molecule has 8 atom stereocenters. The Bertz CT molecular complexity index is 994. The Morgan fingerprint density at radius 2 is 1.88 bits per heavy atom. The average molecular weight is 477 g/mol. The lowest BCUT2D eigenvalue weighted by atomic mass is 9.44. The minimum absolute atomic E-state index is 0.102. The Hall–Kier alpha value is -1.86. The van der Waals surface area contributed by atoms with Crippen molar-refractivity contribution in [1.29, 1.82) is 0 Å². The van der Waals surface area contributed by atoms with Gasteiger partial charge in [0.1, 0.15) is 5.60 Å². The van der Waals surface area contributed by atoms with Crippen LogP contribution in [0.5, 0.6) is 0 Å². The lowest BCUT2D eigenvalue weighted by Crippen LogP contribution is -2.69. The van der Waals surface area contributed by atoms with E-state index < -0.39 is 63.8 Å². The molecule has 0 unspecified atom stereocenters. The molecule has 0 aliphatic heterocycles. The molecular weight excluding hydrogens is 439 g/mol. The Morgan fingerprint density at radius 3 is 2.50 bits per heavy atom. The van der Waals surface area contributed by atoms with Gasteiger partial charge in [0.05, 0.1) is 11.5 Å². The predicted octanol–water partition coefficient (Wildman–Crippen LogP) is 3.49. The zero-order chi connectivity index (χ0) is 25.5. The standard InChI is InChI=1S/C27H37FO6/c1-15-11-19-18-8-7-16-12-17(29)9-10-24(16,5)26(18,28)20(30)13-25(19,6)27(15,33)21(31)14-34-22(32)23(2,3)4/h9-10,12,15,18-20,30,33H,7-8,11,13-14H2,1-6H3/t15-,18-,19-,20-,24-,25-,26-,27-/m0/s1. The normalized spacial score (nSPS) is 45.7. The Balaban J connectivity index is 1.69. The van der Waals surface area contributed by atoms with Crippen LogP contribution < -0.4 is 0 Å². The summed E-state index contributed by atoms with van der Waals surface area (Å²) in [5.74, 6) is -2.77. The van der Waals surface area contributed by atoms with Gasteiger partial charge in [0, 0.05) is 16.7 Å². The molecule has 4 rings (SSSR count). The molecule has 0 heterocycles. The van der Waals surface area contributed by atoms with Gasteiger partial charge < -0.3 is 14.9 Å². The first-order chi connectivity index (χ1) is 15.5. The van der Waals surface area contributed by atoms with Crippen molar-refractivity contribution >= 4 is 17.5 Å². The van der Waals surface area contributed by atoms with Crippen molar-refractivity contribution in [1.82, 2.24) is 0 Å². The number of ether oxygens (including phenoxy) is 1. The van der Waals surface area contributed by atoms with E-state index in [1.54, 1.807) is 47.6 Å². The van der Waals surface area contributed by atoms with Gasteiger partial charge in [0.15, 0.2) is 18.1 Å². The van der Waals surface area contributed by atoms with Crippen molar-refractivity contribution in [3.05, 3.63) is 23.8 Å². The number of fused-ring (bicyclic) bond motifs is 5. The first kappa shape index (κ1) is 25.2. The zero-order valence-electron chi connectivity index (χ0n) is 21.0. The van der Waals surface area contributed by atoms with Crippen LogP contribution in [0.25, 0.3) is 0 Å². The molecule has 34 heavy (non-hydrogen) atoms. The van der Waals surface area contributed by atoms with E-state index in [0.717, 1.165) is 0 Å². The third kappa shape index (κ3) is 3.08. The molecule has 4 aliphatic carbocycles. The van der Waals surface area contributed by atoms with Crippen LogP contribution in [0.1, 0.15) is 67.2 Å². The first-order valence-corrected chi connectivity index (χ1v) is 12.3. The lowest BCUT2D eigenvalue weighted by molar-refractivity contribution is -0.220. The smallest absolute Gasteiger partial charge is 0.311 e.